The lowest BCUT2D eigenvalue weighted by Gasteiger charge is -2.25. The molecule has 0 unspecified atom stereocenters. The van der Waals surface area contributed by atoms with Gasteiger partial charge in [0.25, 0.3) is 0 Å². The number of nitrogens with one attached hydrogen (secondary N) is 1. The van der Waals surface area contributed by atoms with E-state index in [4.69, 9.17) is 0 Å². The largest absolute Gasteiger partial charge is 0.390 e. The summed E-state index contributed by atoms with van der Waals surface area (Å²) in [5.41, 5.74) is -1.03. The summed E-state index contributed by atoms with van der Waals surface area (Å²) in [6, 6.07) is 0. The molecule has 0 aliphatic heterocycles. The molecule has 0 atom stereocenters. The van der Waals surface area contributed by atoms with Crippen LogP contribution in [0.15, 0.2) is 0 Å². The van der Waals surface area contributed by atoms with Crippen LogP contribution in [0.4, 0.5) is 0 Å². The molecule has 3 nitrogen and oxygen atoms in total. The molecule has 1 amide bonds. The number of hydrogen-bond donors (Lipinski definition) is 2. The second-order valence-corrected chi connectivity index (χ2v) is 6.63. The summed E-state index contributed by atoms with van der Waals surface area (Å²) in [5, 5.41) is 12.5. The van der Waals surface area contributed by atoms with Gasteiger partial charge in [0, 0.05) is 12.0 Å². The van der Waals surface area contributed by atoms with Gasteiger partial charge in [0.2, 0.25) is 5.91 Å². The minimum Gasteiger partial charge on any atom is -0.390 e. The highest BCUT2D eigenvalue weighted by Crippen LogP contribution is 2.25. The molecule has 0 heterocycles. The van der Waals surface area contributed by atoms with Crippen molar-refractivity contribution >= 4 is 5.91 Å². The molecule has 0 aliphatic rings. The van der Waals surface area contributed by atoms with Crippen molar-refractivity contribution in [3.8, 4) is 0 Å². The fraction of sp³-hybridized carbons (Fsp3) is 0.929. The summed E-state index contributed by atoms with van der Waals surface area (Å²) in [6.45, 7) is 12.3. The first kappa shape index (κ1) is 16.4. The van der Waals surface area contributed by atoms with E-state index in [0.29, 0.717) is 18.9 Å². The Morgan fingerprint density at radius 3 is 2.12 bits per heavy atom. The second kappa shape index (κ2) is 6.39. The van der Waals surface area contributed by atoms with Gasteiger partial charge in [-0.25, -0.2) is 0 Å². The SMILES string of the molecule is CC(C)CCC(C)(C)C(=O)NCCC(C)(C)O. The summed E-state index contributed by atoms with van der Waals surface area (Å²) >= 11 is 0. The van der Waals surface area contributed by atoms with Crippen LogP contribution in [-0.2, 0) is 4.79 Å². The zero-order chi connectivity index (χ0) is 13.7. The Morgan fingerprint density at radius 1 is 1.18 bits per heavy atom. The number of aliphatic hydroxyl groups is 1. The Labute approximate surface area is 106 Å². The standard InChI is InChI=1S/C14H29NO2/c1-11(2)7-8-13(3,4)12(16)15-10-9-14(5,6)17/h11,17H,7-10H2,1-6H3,(H,15,16). The van der Waals surface area contributed by atoms with Crippen molar-refractivity contribution in [3.05, 3.63) is 0 Å². The molecule has 3 heteroatoms. The van der Waals surface area contributed by atoms with E-state index in [9.17, 15) is 9.90 Å². The van der Waals surface area contributed by atoms with Gasteiger partial charge in [0.15, 0.2) is 0 Å². The van der Waals surface area contributed by atoms with Gasteiger partial charge in [0.05, 0.1) is 5.60 Å². The monoisotopic (exact) mass is 243 g/mol. The summed E-state index contributed by atoms with van der Waals surface area (Å²) < 4.78 is 0. The second-order valence-electron chi connectivity index (χ2n) is 6.63. The van der Waals surface area contributed by atoms with E-state index in [1.54, 1.807) is 13.8 Å². The minimum atomic E-state index is -0.713. The van der Waals surface area contributed by atoms with E-state index >= 15 is 0 Å². The Balaban J connectivity index is 4.03. The zero-order valence-corrected chi connectivity index (χ0v) is 12.3. The molecule has 0 bridgehead atoms. The smallest absolute Gasteiger partial charge is 0.225 e. The van der Waals surface area contributed by atoms with E-state index in [-0.39, 0.29) is 11.3 Å². The Morgan fingerprint density at radius 2 is 1.71 bits per heavy atom. The number of carbonyl (C=O) groups is 1. The maximum atomic E-state index is 12.0. The lowest BCUT2D eigenvalue weighted by Crippen LogP contribution is -2.39. The van der Waals surface area contributed by atoms with Gasteiger partial charge in [-0.3, -0.25) is 4.79 Å². The highest BCUT2D eigenvalue weighted by Gasteiger charge is 2.27. The van der Waals surface area contributed by atoms with Crippen molar-refractivity contribution < 1.29 is 9.90 Å². The molecule has 2 N–H and O–H groups in total. The molecule has 102 valence electrons. The molecule has 0 aromatic rings. The number of amides is 1. The summed E-state index contributed by atoms with van der Waals surface area (Å²) in [5.74, 6) is 0.709. The van der Waals surface area contributed by atoms with Crippen LogP contribution in [0.25, 0.3) is 0 Å². The molecule has 0 spiro atoms. The van der Waals surface area contributed by atoms with Crippen LogP contribution in [0.1, 0.15) is 60.8 Å². The highest BCUT2D eigenvalue weighted by atomic mass is 16.3. The number of rotatable bonds is 7. The molecule has 17 heavy (non-hydrogen) atoms. The first-order valence-corrected chi connectivity index (χ1v) is 6.55. The van der Waals surface area contributed by atoms with Crippen LogP contribution in [0.2, 0.25) is 0 Å². The van der Waals surface area contributed by atoms with E-state index in [1.165, 1.54) is 0 Å². The van der Waals surface area contributed by atoms with Crippen LogP contribution in [0.3, 0.4) is 0 Å². The number of hydrogen-bond acceptors (Lipinski definition) is 2. The highest BCUT2D eigenvalue weighted by molar-refractivity contribution is 5.81. The predicted octanol–water partition coefficient (Wildman–Crippen LogP) is 2.73. The van der Waals surface area contributed by atoms with Crippen molar-refractivity contribution in [2.75, 3.05) is 6.54 Å². The average molecular weight is 243 g/mol. The van der Waals surface area contributed by atoms with E-state index in [1.807, 2.05) is 13.8 Å². The van der Waals surface area contributed by atoms with Gasteiger partial charge in [-0.05, 0) is 39.0 Å². The third-order valence-electron chi connectivity index (χ3n) is 2.98. The van der Waals surface area contributed by atoms with Crippen molar-refractivity contribution in [3.63, 3.8) is 0 Å². The summed E-state index contributed by atoms with van der Waals surface area (Å²) in [4.78, 5) is 12.0. The van der Waals surface area contributed by atoms with Crippen molar-refractivity contribution in [2.45, 2.75) is 66.4 Å². The average Bonchev–Trinajstić information content (AvgIpc) is 2.12. The molecule has 0 aromatic heterocycles. The Kier molecular flexibility index (Phi) is 6.17. The topological polar surface area (TPSA) is 49.3 Å². The molecule has 0 fully saturated rings. The van der Waals surface area contributed by atoms with E-state index in [0.717, 1.165) is 12.8 Å². The third kappa shape index (κ3) is 8.19. The van der Waals surface area contributed by atoms with Gasteiger partial charge in [-0.15, -0.1) is 0 Å². The van der Waals surface area contributed by atoms with Crippen molar-refractivity contribution in [1.29, 1.82) is 0 Å². The summed E-state index contributed by atoms with van der Waals surface area (Å²) in [7, 11) is 0. The van der Waals surface area contributed by atoms with E-state index < -0.39 is 5.60 Å². The molecule has 0 radical (unpaired) electrons. The normalized spacial score (nSPS) is 12.9. The quantitative estimate of drug-likeness (QED) is 0.722. The van der Waals surface area contributed by atoms with Crippen LogP contribution >= 0.6 is 0 Å². The minimum absolute atomic E-state index is 0.0856. The van der Waals surface area contributed by atoms with Gasteiger partial charge < -0.3 is 10.4 Å². The van der Waals surface area contributed by atoms with E-state index in [2.05, 4.69) is 19.2 Å². The van der Waals surface area contributed by atoms with Gasteiger partial charge in [-0.1, -0.05) is 27.7 Å². The van der Waals surface area contributed by atoms with Crippen molar-refractivity contribution in [1.82, 2.24) is 5.32 Å². The maximum absolute atomic E-state index is 12.0. The zero-order valence-electron chi connectivity index (χ0n) is 12.3. The summed E-state index contributed by atoms with van der Waals surface area (Å²) in [6.07, 6.45) is 2.55. The molecular formula is C14H29NO2. The van der Waals surface area contributed by atoms with Crippen LogP contribution in [0, 0.1) is 11.3 Å². The predicted molar refractivity (Wildman–Crippen MR) is 71.8 cm³/mol. The van der Waals surface area contributed by atoms with Gasteiger partial charge >= 0.3 is 0 Å². The van der Waals surface area contributed by atoms with Crippen LogP contribution in [-0.4, -0.2) is 23.2 Å². The number of carbonyl (C=O) groups excluding carboxylic acids is 1. The molecule has 0 rings (SSSR count). The first-order valence-electron chi connectivity index (χ1n) is 6.55. The lowest BCUT2D eigenvalue weighted by atomic mass is 9.84. The fourth-order valence-electron chi connectivity index (χ4n) is 1.48. The van der Waals surface area contributed by atoms with Crippen LogP contribution in [0.5, 0.6) is 0 Å². The fourth-order valence-corrected chi connectivity index (χ4v) is 1.48. The van der Waals surface area contributed by atoms with Crippen LogP contribution < -0.4 is 5.32 Å². The molecule has 0 aliphatic carbocycles. The molecule has 0 saturated carbocycles. The molecule has 0 saturated heterocycles. The van der Waals surface area contributed by atoms with Crippen molar-refractivity contribution in [2.24, 2.45) is 11.3 Å². The lowest BCUT2D eigenvalue weighted by molar-refractivity contribution is -0.130. The molecular weight excluding hydrogens is 214 g/mol. The van der Waals surface area contributed by atoms with Gasteiger partial charge in [0.1, 0.15) is 0 Å². The van der Waals surface area contributed by atoms with Gasteiger partial charge in [-0.2, -0.15) is 0 Å². The Bertz CT molecular complexity index is 239. The first-order chi connectivity index (χ1) is 7.54. The third-order valence-corrected chi connectivity index (χ3v) is 2.98. The maximum Gasteiger partial charge on any atom is 0.225 e. The Hall–Kier alpha value is -0.570. The molecule has 0 aromatic carbocycles.